The van der Waals surface area contributed by atoms with Crippen LogP contribution in [0.3, 0.4) is 0 Å². The number of carboxylic acid groups (broad SMARTS) is 1. The first-order valence-corrected chi connectivity index (χ1v) is 7.45. The molecule has 23 heavy (non-hydrogen) atoms. The molecule has 0 aliphatic rings. The van der Waals surface area contributed by atoms with E-state index in [2.05, 4.69) is 5.32 Å². The summed E-state index contributed by atoms with van der Waals surface area (Å²) in [5.41, 5.74) is 0.292. The topological polar surface area (TPSA) is 110 Å². The number of aliphatic carboxylic acids is 1. The smallest absolute Gasteiger partial charge is 0.305 e. The van der Waals surface area contributed by atoms with Crippen molar-refractivity contribution in [3.63, 3.8) is 0 Å². The summed E-state index contributed by atoms with van der Waals surface area (Å²) in [6.45, 7) is 6.91. The summed E-state index contributed by atoms with van der Waals surface area (Å²) >= 11 is 0. The van der Waals surface area contributed by atoms with Gasteiger partial charge in [-0.2, -0.15) is 0 Å². The normalized spacial score (nSPS) is 11.1. The fourth-order valence-corrected chi connectivity index (χ4v) is 2.60. The quantitative estimate of drug-likeness (QED) is 0.592. The lowest BCUT2D eigenvalue weighted by molar-refractivity contribution is -0.385. The highest BCUT2D eigenvalue weighted by molar-refractivity contribution is 5.97. The van der Waals surface area contributed by atoms with E-state index < -0.39 is 22.3 Å². The van der Waals surface area contributed by atoms with Crippen molar-refractivity contribution in [3.8, 4) is 0 Å². The molecule has 126 valence electrons. The lowest BCUT2D eigenvalue weighted by atomic mass is 9.88. The van der Waals surface area contributed by atoms with Crippen LogP contribution in [-0.2, 0) is 4.79 Å². The van der Waals surface area contributed by atoms with Gasteiger partial charge in [0, 0.05) is 17.2 Å². The summed E-state index contributed by atoms with van der Waals surface area (Å²) in [5.74, 6) is -1.49. The Morgan fingerprint density at radius 2 is 1.78 bits per heavy atom. The average molecular weight is 322 g/mol. The van der Waals surface area contributed by atoms with Crippen molar-refractivity contribution < 1.29 is 19.6 Å². The molecule has 1 aromatic carbocycles. The Hall–Kier alpha value is -2.44. The molecule has 0 bridgehead atoms. The molecule has 0 fully saturated rings. The SMILES string of the molecule is CCC(CC)(CC(=O)O)NC(=O)c1cc([N+](=O)[O-])c(C)cc1C. The number of hydrogen-bond donors (Lipinski definition) is 2. The van der Waals surface area contributed by atoms with Crippen LogP contribution in [0, 0.1) is 24.0 Å². The van der Waals surface area contributed by atoms with E-state index in [-0.39, 0.29) is 17.7 Å². The maximum atomic E-state index is 12.5. The van der Waals surface area contributed by atoms with E-state index in [4.69, 9.17) is 5.11 Å². The average Bonchev–Trinajstić information content (AvgIpc) is 2.45. The van der Waals surface area contributed by atoms with E-state index in [1.54, 1.807) is 33.8 Å². The van der Waals surface area contributed by atoms with Gasteiger partial charge >= 0.3 is 5.97 Å². The van der Waals surface area contributed by atoms with Gasteiger partial charge in [0.05, 0.1) is 16.9 Å². The molecule has 2 N–H and O–H groups in total. The second-order valence-electron chi connectivity index (χ2n) is 5.72. The molecule has 0 aromatic heterocycles. The molecule has 7 nitrogen and oxygen atoms in total. The highest BCUT2D eigenvalue weighted by Gasteiger charge is 2.32. The lowest BCUT2D eigenvalue weighted by Gasteiger charge is -2.31. The van der Waals surface area contributed by atoms with Gasteiger partial charge in [0.2, 0.25) is 0 Å². The van der Waals surface area contributed by atoms with Crippen LogP contribution in [0.25, 0.3) is 0 Å². The predicted octanol–water partition coefficient (Wildman–Crippen LogP) is 2.97. The Bertz CT molecular complexity index is 636. The second kappa shape index (κ2) is 7.21. The Morgan fingerprint density at radius 1 is 1.22 bits per heavy atom. The van der Waals surface area contributed by atoms with Crippen LogP contribution in [0.2, 0.25) is 0 Å². The number of rotatable bonds is 7. The fraction of sp³-hybridized carbons (Fsp3) is 0.500. The van der Waals surface area contributed by atoms with E-state index in [9.17, 15) is 19.7 Å². The number of nitro groups is 1. The number of carboxylic acids is 1. The molecule has 1 rings (SSSR count). The highest BCUT2D eigenvalue weighted by Crippen LogP contribution is 2.25. The molecule has 0 spiro atoms. The Balaban J connectivity index is 3.21. The number of carbonyl (C=O) groups excluding carboxylic acids is 1. The molecule has 0 heterocycles. The van der Waals surface area contributed by atoms with Crippen molar-refractivity contribution in [3.05, 3.63) is 38.9 Å². The summed E-state index contributed by atoms with van der Waals surface area (Å²) in [6, 6.07) is 2.83. The number of nitrogens with zero attached hydrogens (tertiary/aromatic N) is 1. The van der Waals surface area contributed by atoms with Crippen LogP contribution in [0.15, 0.2) is 12.1 Å². The van der Waals surface area contributed by atoms with Crippen molar-refractivity contribution in [2.75, 3.05) is 0 Å². The molecule has 0 saturated heterocycles. The van der Waals surface area contributed by atoms with Gasteiger partial charge in [-0.15, -0.1) is 0 Å². The third-order valence-corrected chi connectivity index (χ3v) is 4.21. The Kier molecular flexibility index (Phi) is 5.84. The highest BCUT2D eigenvalue weighted by atomic mass is 16.6. The molecule has 1 aromatic rings. The fourth-order valence-electron chi connectivity index (χ4n) is 2.60. The van der Waals surface area contributed by atoms with Gasteiger partial charge < -0.3 is 10.4 Å². The first-order valence-electron chi connectivity index (χ1n) is 7.45. The first-order chi connectivity index (χ1) is 10.7. The van der Waals surface area contributed by atoms with Gasteiger partial charge in [-0.1, -0.05) is 13.8 Å². The zero-order valence-electron chi connectivity index (χ0n) is 13.8. The molecule has 0 atom stereocenters. The van der Waals surface area contributed by atoms with E-state index >= 15 is 0 Å². The minimum atomic E-state index is -0.999. The number of hydrogen-bond acceptors (Lipinski definition) is 4. The van der Waals surface area contributed by atoms with E-state index in [1.807, 2.05) is 0 Å². The summed E-state index contributed by atoms with van der Waals surface area (Å²) in [5, 5.41) is 22.9. The molecule has 0 unspecified atom stereocenters. The van der Waals surface area contributed by atoms with Crippen LogP contribution >= 0.6 is 0 Å². The van der Waals surface area contributed by atoms with Crippen molar-refractivity contribution in [1.29, 1.82) is 0 Å². The number of nitro benzene ring substituents is 1. The minimum absolute atomic E-state index is 0.127. The molecule has 7 heteroatoms. The largest absolute Gasteiger partial charge is 0.481 e. The van der Waals surface area contributed by atoms with E-state index in [0.717, 1.165) is 0 Å². The van der Waals surface area contributed by atoms with Crippen LogP contribution < -0.4 is 5.32 Å². The molecule has 0 radical (unpaired) electrons. The van der Waals surface area contributed by atoms with E-state index in [0.29, 0.717) is 24.0 Å². The monoisotopic (exact) mass is 322 g/mol. The first kappa shape index (κ1) is 18.6. The maximum absolute atomic E-state index is 12.5. The second-order valence-corrected chi connectivity index (χ2v) is 5.72. The van der Waals surface area contributed by atoms with Gasteiger partial charge in [0.25, 0.3) is 11.6 Å². The van der Waals surface area contributed by atoms with Crippen molar-refractivity contribution >= 4 is 17.6 Å². The number of carbonyl (C=O) groups is 2. The zero-order chi connectivity index (χ0) is 17.8. The summed E-state index contributed by atoms with van der Waals surface area (Å²) in [4.78, 5) is 34.1. The van der Waals surface area contributed by atoms with Gasteiger partial charge in [0.15, 0.2) is 0 Å². The molecule has 1 amide bonds. The van der Waals surface area contributed by atoms with Crippen molar-refractivity contribution in [2.24, 2.45) is 0 Å². The van der Waals surface area contributed by atoms with Crippen LogP contribution in [0.4, 0.5) is 5.69 Å². The maximum Gasteiger partial charge on any atom is 0.305 e. The van der Waals surface area contributed by atoms with Crippen LogP contribution in [0.5, 0.6) is 0 Å². The van der Waals surface area contributed by atoms with Crippen LogP contribution in [0.1, 0.15) is 54.6 Å². The summed E-state index contributed by atoms with van der Waals surface area (Å²) in [6.07, 6.45) is 0.710. The number of benzene rings is 1. The van der Waals surface area contributed by atoms with Gasteiger partial charge in [-0.25, -0.2) is 0 Å². The van der Waals surface area contributed by atoms with Crippen molar-refractivity contribution in [2.45, 2.75) is 52.5 Å². The van der Waals surface area contributed by atoms with Gasteiger partial charge in [0.1, 0.15) is 0 Å². The lowest BCUT2D eigenvalue weighted by Crippen LogP contribution is -2.49. The number of amides is 1. The van der Waals surface area contributed by atoms with Gasteiger partial charge in [-0.3, -0.25) is 19.7 Å². The Labute approximate surface area is 134 Å². The van der Waals surface area contributed by atoms with Gasteiger partial charge in [-0.05, 0) is 38.3 Å². The standard InChI is InChI=1S/C16H22N2O5/c1-5-16(6-2,9-14(19)20)17-15(21)12-8-13(18(22)23)11(4)7-10(12)3/h7-8H,5-6,9H2,1-4H3,(H,17,21)(H,19,20). The van der Waals surface area contributed by atoms with Crippen LogP contribution in [-0.4, -0.2) is 27.4 Å². The van der Waals surface area contributed by atoms with E-state index in [1.165, 1.54) is 6.07 Å². The zero-order valence-corrected chi connectivity index (χ0v) is 13.8. The number of nitrogens with one attached hydrogen (secondary N) is 1. The minimum Gasteiger partial charge on any atom is -0.481 e. The molecule has 0 aliphatic heterocycles. The molecular weight excluding hydrogens is 300 g/mol. The molecule has 0 saturated carbocycles. The van der Waals surface area contributed by atoms with Crippen molar-refractivity contribution in [1.82, 2.24) is 5.32 Å². The third kappa shape index (κ3) is 4.28. The molecule has 0 aliphatic carbocycles. The molecular formula is C16H22N2O5. The number of aryl methyl sites for hydroxylation is 2. The Morgan fingerprint density at radius 3 is 2.22 bits per heavy atom. The third-order valence-electron chi connectivity index (χ3n) is 4.21. The summed E-state index contributed by atoms with van der Waals surface area (Å²) in [7, 11) is 0. The summed E-state index contributed by atoms with van der Waals surface area (Å²) < 4.78 is 0. The predicted molar refractivity (Wildman–Crippen MR) is 85.6 cm³/mol.